The van der Waals surface area contributed by atoms with E-state index < -0.39 is 0 Å². The van der Waals surface area contributed by atoms with Crippen LogP contribution in [0.2, 0.25) is 0 Å². The second-order valence-corrected chi connectivity index (χ2v) is 8.06. The summed E-state index contributed by atoms with van der Waals surface area (Å²) in [6.07, 6.45) is 0. The van der Waals surface area contributed by atoms with E-state index in [1.807, 2.05) is 30.3 Å². The van der Waals surface area contributed by atoms with Crippen LogP contribution in [0.25, 0.3) is 0 Å². The molecule has 1 unspecified atom stereocenters. The Hall–Kier alpha value is -4.51. The molecule has 1 saturated heterocycles. The summed E-state index contributed by atoms with van der Waals surface area (Å²) in [5.41, 5.74) is 2.56. The molecule has 8 nitrogen and oxygen atoms in total. The molecule has 178 valence electrons. The molecule has 0 spiro atoms. The van der Waals surface area contributed by atoms with E-state index in [1.165, 1.54) is 7.11 Å². The van der Waals surface area contributed by atoms with Crippen molar-refractivity contribution >= 4 is 17.6 Å². The molecule has 0 aliphatic carbocycles. The van der Waals surface area contributed by atoms with Gasteiger partial charge in [0.1, 0.15) is 0 Å². The SMILES string of the molecule is COc1ccc(C(=O)N2CCN(C(=O)Nc3ccc(C#N)cc3)CC2c2ccccc2)cc1OC. The third-order valence-electron chi connectivity index (χ3n) is 6.01. The number of hydrogen-bond donors (Lipinski definition) is 1. The van der Waals surface area contributed by atoms with Crippen LogP contribution in [0.4, 0.5) is 10.5 Å². The lowest BCUT2D eigenvalue weighted by atomic mass is 10.0. The highest BCUT2D eigenvalue weighted by Gasteiger charge is 2.34. The standard InChI is InChI=1S/C27H26N4O4/c1-34-24-13-10-21(16-25(24)35-2)26(32)31-15-14-30(18-23(31)20-6-4-3-5-7-20)27(33)29-22-11-8-19(17-28)9-12-22/h3-13,16,23H,14-15,18H2,1-2H3,(H,29,33). The zero-order chi connectivity index (χ0) is 24.8. The second kappa shape index (κ2) is 10.6. The Balaban J connectivity index is 1.56. The number of carbonyl (C=O) groups is 2. The molecule has 4 rings (SSSR count). The molecule has 8 heteroatoms. The third-order valence-corrected chi connectivity index (χ3v) is 6.01. The highest BCUT2D eigenvalue weighted by Crippen LogP contribution is 2.31. The van der Waals surface area contributed by atoms with E-state index in [0.717, 1.165) is 5.56 Å². The van der Waals surface area contributed by atoms with Crippen LogP contribution in [0.3, 0.4) is 0 Å². The van der Waals surface area contributed by atoms with Gasteiger partial charge in [0.15, 0.2) is 11.5 Å². The van der Waals surface area contributed by atoms with E-state index in [1.54, 1.807) is 59.4 Å². The predicted molar refractivity (Wildman–Crippen MR) is 132 cm³/mol. The Morgan fingerprint density at radius 2 is 1.66 bits per heavy atom. The van der Waals surface area contributed by atoms with Crippen molar-refractivity contribution in [1.29, 1.82) is 5.26 Å². The molecule has 35 heavy (non-hydrogen) atoms. The number of ether oxygens (including phenoxy) is 2. The number of carbonyl (C=O) groups excluding carboxylic acids is 2. The molecule has 3 aromatic carbocycles. The van der Waals surface area contributed by atoms with Gasteiger partial charge in [-0.3, -0.25) is 4.79 Å². The van der Waals surface area contributed by atoms with Gasteiger partial charge in [0.25, 0.3) is 5.91 Å². The van der Waals surface area contributed by atoms with Crippen LogP contribution in [-0.2, 0) is 0 Å². The first-order chi connectivity index (χ1) is 17.0. The average molecular weight is 471 g/mol. The fraction of sp³-hybridized carbons (Fsp3) is 0.222. The fourth-order valence-electron chi connectivity index (χ4n) is 4.14. The molecule has 0 aromatic heterocycles. The van der Waals surface area contributed by atoms with Gasteiger partial charge in [0.05, 0.1) is 31.9 Å². The molecule has 0 radical (unpaired) electrons. The minimum Gasteiger partial charge on any atom is -0.493 e. The Morgan fingerprint density at radius 3 is 2.31 bits per heavy atom. The number of nitriles is 1. The smallest absolute Gasteiger partial charge is 0.321 e. The summed E-state index contributed by atoms with van der Waals surface area (Å²) in [5.74, 6) is 0.884. The number of nitrogens with one attached hydrogen (secondary N) is 1. The molecule has 1 atom stereocenters. The quantitative estimate of drug-likeness (QED) is 0.600. The third kappa shape index (κ3) is 5.20. The minimum atomic E-state index is -0.322. The van der Waals surface area contributed by atoms with E-state index in [0.29, 0.717) is 47.9 Å². The van der Waals surface area contributed by atoms with E-state index in [9.17, 15) is 9.59 Å². The second-order valence-electron chi connectivity index (χ2n) is 8.06. The first-order valence-electron chi connectivity index (χ1n) is 11.2. The van der Waals surface area contributed by atoms with Gasteiger partial charge in [-0.1, -0.05) is 30.3 Å². The summed E-state index contributed by atoms with van der Waals surface area (Å²) in [6, 6.07) is 23.0. The number of methoxy groups -OCH3 is 2. The number of piperazine rings is 1. The van der Waals surface area contributed by atoms with Gasteiger partial charge in [-0.2, -0.15) is 5.26 Å². The normalized spacial score (nSPS) is 15.2. The highest BCUT2D eigenvalue weighted by atomic mass is 16.5. The van der Waals surface area contributed by atoms with Crippen LogP contribution in [0, 0.1) is 11.3 Å². The topological polar surface area (TPSA) is 94.9 Å². The Kier molecular flexibility index (Phi) is 7.17. The molecule has 1 fully saturated rings. The van der Waals surface area contributed by atoms with Crippen molar-refractivity contribution in [2.24, 2.45) is 0 Å². The molecule has 1 aliphatic rings. The largest absolute Gasteiger partial charge is 0.493 e. The van der Waals surface area contributed by atoms with Crippen molar-refractivity contribution in [3.05, 3.63) is 89.5 Å². The lowest BCUT2D eigenvalue weighted by Crippen LogP contribution is -2.53. The maximum atomic E-state index is 13.6. The van der Waals surface area contributed by atoms with Gasteiger partial charge < -0.3 is 24.6 Å². The van der Waals surface area contributed by atoms with Gasteiger partial charge >= 0.3 is 6.03 Å². The summed E-state index contributed by atoms with van der Waals surface area (Å²) >= 11 is 0. The summed E-state index contributed by atoms with van der Waals surface area (Å²) in [4.78, 5) is 30.1. The number of hydrogen-bond acceptors (Lipinski definition) is 5. The summed E-state index contributed by atoms with van der Waals surface area (Å²) < 4.78 is 10.7. The number of urea groups is 1. The Labute approximate surface area is 204 Å². The van der Waals surface area contributed by atoms with Crippen molar-refractivity contribution in [2.75, 3.05) is 39.2 Å². The molecular formula is C27H26N4O4. The van der Waals surface area contributed by atoms with Gasteiger partial charge in [0, 0.05) is 30.9 Å². The zero-order valence-corrected chi connectivity index (χ0v) is 19.6. The van der Waals surface area contributed by atoms with Crippen molar-refractivity contribution in [3.8, 4) is 17.6 Å². The summed E-state index contributed by atoms with van der Waals surface area (Å²) in [5, 5.41) is 11.9. The molecule has 1 N–H and O–H groups in total. The Morgan fingerprint density at radius 1 is 0.943 bits per heavy atom. The van der Waals surface area contributed by atoms with E-state index >= 15 is 0 Å². The van der Waals surface area contributed by atoms with E-state index in [2.05, 4.69) is 11.4 Å². The molecule has 1 heterocycles. The van der Waals surface area contributed by atoms with Crippen LogP contribution in [-0.4, -0.2) is 55.6 Å². The molecule has 0 bridgehead atoms. The van der Waals surface area contributed by atoms with Crippen molar-refractivity contribution < 1.29 is 19.1 Å². The lowest BCUT2D eigenvalue weighted by Gasteiger charge is -2.41. The van der Waals surface area contributed by atoms with Crippen LogP contribution in [0.15, 0.2) is 72.8 Å². The molecule has 3 aromatic rings. The van der Waals surface area contributed by atoms with Crippen LogP contribution in [0.5, 0.6) is 11.5 Å². The summed E-state index contributed by atoms with van der Waals surface area (Å²) in [7, 11) is 3.08. The minimum absolute atomic E-state index is 0.146. The monoisotopic (exact) mass is 470 g/mol. The zero-order valence-electron chi connectivity index (χ0n) is 19.6. The first kappa shape index (κ1) is 23.6. The number of nitrogens with zero attached hydrogens (tertiary/aromatic N) is 3. The van der Waals surface area contributed by atoms with Gasteiger partial charge in [-0.25, -0.2) is 4.79 Å². The predicted octanol–water partition coefficient (Wildman–Crippen LogP) is 4.31. The fourth-order valence-corrected chi connectivity index (χ4v) is 4.14. The first-order valence-corrected chi connectivity index (χ1v) is 11.2. The maximum Gasteiger partial charge on any atom is 0.321 e. The number of anilines is 1. The average Bonchev–Trinajstić information content (AvgIpc) is 2.92. The highest BCUT2D eigenvalue weighted by molar-refractivity contribution is 5.96. The number of benzene rings is 3. The maximum absolute atomic E-state index is 13.6. The molecule has 3 amide bonds. The molecular weight excluding hydrogens is 444 g/mol. The van der Waals surface area contributed by atoms with Crippen molar-refractivity contribution in [2.45, 2.75) is 6.04 Å². The van der Waals surface area contributed by atoms with Crippen molar-refractivity contribution in [3.63, 3.8) is 0 Å². The van der Waals surface area contributed by atoms with Crippen LogP contribution < -0.4 is 14.8 Å². The molecule has 1 aliphatic heterocycles. The van der Waals surface area contributed by atoms with Gasteiger partial charge in [0.2, 0.25) is 0 Å². The summed E-state index contributed by atoms with van der Waals surface area (Å²) in [6.45, 7) is 1.09. The van der Waals surface area contributed by atoms with Crippen LogP contribution in [0.1, 0.15) is 27.5 Å². The van der Waals surface area contributed by atoms with Gasteiger partial charge in [-0.05, 0) is 48.0 Å². The number of amides is 3. The number of rotatable bonds is 5. The lowest BCUT2D eigenvalue weighted by molar-refractivity contribution is 0.0516. The van der Waals surface area contributed by atoms with E-state index in [4.69, 9.17) is 14.7 Å². The van der Waals surface area contributed by atoms with Crippen molar-refractivity contribution in [1.82, 2.24) is 9.80 Å². The van der Waals surface area contributed by atoms with Gasteiger partial charge in [-0.15, -0.1) is 0 Å². The Bertz CT molecular complexity index is 1240. The van der Waals surface area contributed by atoms with Crippen LogP contribution >= 0.6 is 0 Å². The molecule has 0 saturated carbocycles. The van der Waals surface area contributed by atoms with E-state index in [-0.39, 0.29) is 18.0 Å².